The number of sulfonamides is 1. The smallest absolute Gasteiger partial charge is 0.247 e. The molecule has 1 fully saturated rings. The maximum absolute atomic E-state index is 12.5. The summed E-state index contributed by atoms with van der Waals surface area (Å²) in [4.78, 5) is 13.2. The lowest BCUT2D eigenvalue weighted by Gasteiger charge is -2.18. The number of carbonyl (C=O) groups excluding carboxylic acids is 1. The Kier molecular flexibility index (Phi) is 4.17. The van der Waals surface area contributed by atoms with Gasteiger partial charge in [0, 0.05) is 10.8 Å². The van der Waals surface area contributed by atoms with E-state index in [-0.39, 0.29) is 22.0 Å². The van der Waals surface area contributed by atoms with Crippen LogP contribution in [0, 0.1) is 12.8 Å². The Morgan fingerprint density at radius 3 is 2.65 bits per heavy atom. The zero-order chi connectivity index (χ0) is 18.5. The monoisotopic (exact) mass is 394 g/mol. The van der Waals surface area contributed by atoms with E-state index >= 15 is 0 Å². The molecular weight excluding hydrogens is 376 g/mol. The number of hydrogen-bond acceptors (Lipinski definition) is 6. The molecule has 26 heavy (non-hydrogen) atoms. The number of anilines is 1. The molecule has 1 saturated carbocycles. The summed E-state index contributed by atoms with van der Waals surface area (Å²) in [5.74, 6) is 1.31. The lowest BCUT2D eigenvalue weighted by Crippen LogP contribution is -2.16. The van der Waals surface area contributed by atoms with Gasteiger partial charge < -0.3 is 14.8 Å². The maximum Gasteiger partial charge on any atom is 0.247 e. The summed E-state index contributed by atoms with van der Waals surface area (Å²) in [6, 6.07) is 7.18. The molecule has 0 radical (unpaired) electrons. The summed E-state index contributed by atoms with van der Waals surface area (Å²) in [5, 5.41) is 7.97. The fraction of sp³-hybridized carbons (Fsp3) is 0.353. The first-order valence-corrected chi connectivity index (χ1v) is 10.5. The molecule has 138 valence electrons. The van der Waals surface area contributed by atoms with Crippen molar-refractivity contribution in [3.8, 4) is 11.5 Å². The van der Waals surface area contributed by atoms with Crippen LogP contribution in [0.15, 0.2) is 28.5 Å². The van der Waals surface area contributed by atoms with Gasteiger partial charge in [0.25, 0.3) is 0 Å². The van der Waals surface area contributed by atoms with Gasteiger partial charge in [-0.25, -0.2) is 13.6 Å². The van der Waals surface area contributed by atoms with Gasteiger partial charge in [-0.1, -0.05) is 6.07 Å². The predicted molar refractivity (Wildman–Crippen MR) is 97.3 cm³/mol. The van der Waals surface area contributed by atoms with Crippen LogP contribution in [0.3, 0.4) is 0 Å². The number of primary sulfonamides is 1. The van der Waals surface area contributed by atoms with E-state index in [0.717, 1.165) is 29.1 Å². The van der Waals surface area contributed by atoms with Gasteiger partial charge in [-0.05, 0) is 43.0 Å². The molecule has 1 aliphatic carbocycles. The molecule has 2 heterocycles. The van der Waals surface area contributed by atoms with Gasteiger partial charge >= 0.3 is 0 Å². The van der Waals surface area contributed by atoms with Gasteiger partial charge in [0.05, 0.1) is 5.69 Å². The van der Waals surface area contributed by atoms with Gasteiger partial charge in [0.15, 0.2) is 11.5 Å². The highest BCUT2D eigenvalue weighted by Crippen LogP contribution is 2.50. The Hall–Kier alpha value is -2.10. The third-order valence-electron chi connectivity index (χ3n) is 4.56. The zero-order valence-electron chi connectivity index (χ0n) is 14.0. The standard InChI is InChI=1S/C17H18N2O5S2/c1-9-13(8-16(25-9)26(18,21)22)19-17(20)12-7-11(12)10-2-3-14-15(6-10)24-5-4-23-14/h2-3,6,8,11-12H,4-5,7H2,1H3,(H,19,20)(H2,18,21,22)/t11-,12+/m1/s1. The van der Waals surface area contributed by atoms with Crippen LogP contribution in [0.4, 0.5) is 5.69 Å². The average molecular weight is 394 g/mol. The first kappa shape index (κ1) is 17.3. The minimum Gasteiger partial charge on any atom is -0.486 e. The molecule has 2 aromatic rings. The molecule has 7 nitrogen and oxygen atoms in total. The third kappa shape index (κ3) is 3.29. The maximum atomic E-state index is 12.5. The summed E-state index contributed by atoms with van der Waals surface area (Å²) in [7, 11) is -3.77. The van der Waals surface area contributed by atoms with Crippen LogP contribution in [-0.2, 0) is 14.8 Å². The molecule has 9 heteroatoms. The van der Waals surface area contributed by atoms with Crippen LogP contribution in [0.1, 0.15) is 22.8 Å². The molecule has 1 aliphatic heterocycles. The molecule has 3 N–H and O–H groups in total. The SMILES string of the molecule is Cc1sc(S(N)(=O)=O)cc1NC(=O)[C@H]1C[C@@H]1c1ccc2c(c1)OCCO2. The van der Waals surface area contributed by atoms with Gasteiger partial charge in [0.1, 0.15) is 17.4 Å². The molecule has 1 amide bonds. The summed E-state index contributed by atoms with van der Waals surface area (Å²) >= 11 is 1.05. The van der Waals surface area contributed by atoms with Crippen LogP contribution in [0.25, 0.3) is 0 Å². The minimum absolute atomic E-state index is 0.0458. The second-order valence-corrected chi connectivity index (χ2v) is 9.47. The summed E-state index contributed by atoms with van der Waals surface area (Å²) < 4.78 is 34.0. The third-order valence-corrected chi connectivity index (χ3v) is 7.03. The van der Waals surface area contributed by atoms with E-state index in [1.54, 1.807) is 6.92 Å². The highest BCUT2D eigenvalue weighted by molar-refractivity contribution is 7.91. The molecule has 2 aliphatic rings. The first-order chi connectivity index (χ1) is 12.3. The molecular formula is C17H18N2O5S2. The first-order valence-electron chi connectivity index (χ1n) is 8.16. The molecule has 0 saturated heterocycles. The topological polar surface area (TPSA) is 108 Å². The number of nitrogens with two attached hydrogens (primary N) is 1. The van der Waals surface area contributed by atoms with E-state index in [2.05, 4.69) is 5.32 Å². The molecule has 0 unspecified atom stereocenters. The molecule has 1 aromatic heterocycles. The Bertz CT molecular complexity index is 983. The normalized spacial score (nSPS) is 21.3. The second kappa shape index (κ2) is 6.26. The lowest BCUT2D eigenvalue weighted by molar-refractivity contribution is -0.117. The van der Waals surface area contributed by atoms with Gasteiger partial charge in [-0.15, -0.1) is 11.3 Å². The van der Waals surface area contributed by atoms with Crippen LogP contribution in [0.2, 0.25) is 0 Å². The van der Waals surface area contributed by atoms with Crippen molar-refractivity contribution in [1.29, 1.82) is 0 Å². The number of benzene rings is 1. The van der Waals surface area contributed by atoms with Crippen LogP contribution >= 0.6 is 11.3 Å². The number of aryl methyl sites for hydroxylation is 1. The Balaban J connectivity index is 1.46. The van der Waals surface area contributed by atoms with Crippen molar-refractivity contribution in [2.45, 2.75) is 23.5 Å². The number of nitrogens with one attached hydrogen (secondary N) is 1. The average Bonchev–Trinajstić information content (AvgIpc) is 3.32. The number of carbonyl (C=O) groups is 1. The second-order valence-electron chi connectivity index (χ2n) is 6.42. The van der Waals surface area contributed by atoms with Gasteiger partial charge in [0.2, 0.25) is 15.9 Å². The minimum atomic E-state index is -3.77. The van der Waals surface area contributed by atoms with Crippen molar-refractivity contribution in [2.75, 3.05) is 18.5 Å². The summed E-state index contributed by atoms with van der Waals surface area (Å²) in [6.45, 7) is 2.82. The predicted octanol–water partition coefficient (Wildman–Crippen LogP) is 2.22. The van der Waals surface area contributed by atoms with Gasteiger partial charge in [-0.3, -0.25) is 4.79 Å². The van der Waals surface area contributed by atoms with E-state index in [1.165, 1.54) is 6.07 Å². The zero-order valence-corrected chi connectivity index (χ0v) is 15.7. The number of fused-ring (bicyclic) bond motifs is 1. The fourth-order valence-corrected chi connectivity index (χ4v) is 4.91. The number of amides is 1. The van der Waals surface area contributed by atoms with Gasteiger partial charge in [-0.2, -0.15) is 0 Å². The van der Waals surface area contributed by atoms with E-state index in [9.17, 15) is 13.2 Å². The number of thiophene rings is 1. The van der Waals surface area contributed by atoms with Crippen LogP contribution in [0.5, 0.6) is 11.5 Å². The summed E-state index contributed by atoms with van der Waals surface area (Å²) in [5.41, 5.74) is 1.54. The molecule has 1 aromatic carbocycles. The van der Waals surface area contributed by atoms with Crippen molar-refractivity contribution in [1.82, 2.24) is 0 Å². The van der Waals surface area contributed by atoms with Crippen molar-refractivity contribution < 1.29 is 22.7 Å². The molecule has 2 atom stereocenters. The highest BCUT2D eigenvalue weighted by Gasteiger charge is 2.44. The van der Waals surface area contributed by atoms with Crippen LogP contribution < -0.4 is 19.9 Å². The molecule has 4 rings (SSSR count). The largest absolute Gasteiger partial charge is 0.486 e. The number of ether oxygens (including phenoxy) is 2. The number of rotatable bonds is 4. The Labute approximate surface area is 155 Å². The Morgan fingerprint density at radius 2 is 1.96 bits per heavy atom. The van der Waals surface area contributed by atoms with Crippen LogP contribution in [-0.4, -0.2) is 27.5 Å². The van der Waals surface area contributed by atoms with Crippen molar-refractivity contribution in [3.63, 3.8) is 0 Å². The Morgan fingerprint density at radius 1 is 1.23 bits per heavy atom. The van der Waals surface area contributed by atoms with Crippen molar-refractivity contribution in [2.24, 2.45) is 11.1 Å². The fourth-order valence-electron chi connectivity index (χ4n) is 3.09. The molecule has 0 spiro atoms. The number of hydrogen-bond donors (Lipinski definition) is 2. The molecule has 0 bridgehead atoms. The van der Waals surface area contributed by atoms with E-state index in [1.807, 2.05) is 18.2 Å². The summed E-state index contributed by atoms with van der Waals surface area (Å²) in [6.07, 6.45) is 0.747. The highest BCUT2D eigenvalue weighted by atomic mass is 32.2. The van der Waals surface area contributed by atoms with Crippen molar-refractivity contribution >= 4 is 33.0 Å². The quantitative estimate of drug-likeness (QED) is 0.827. The van der Waals surface area contributed by atoms with E-state index < -0.39 is 10.0 Å². The van der Waals surface area contributed by atoms with Crippen molar-refractivity contribution in [3.05, 3.63) is 34.7 Å². The lowest BCUT2D eigenvalue weighted by atomic mass is 10.1. The van der Waals surface area contributed by atoms with E-state index in [4.69, 9.17) is 14.6 Å². The van der Waals surface area contributed by atoms with E-state index in [0.29, 0.717) is 29.5 Å².